The number of carbonyl (C=O) groups excluding carboxylic acids is 1. The number of hydrazone groups is 1. The largest absolute Gasteiger partial charge is 0.497 e. The molecule has 1 unspecified atom stereocenters. The number of amides is 1. The lowest BCUT2D eigenvalue weighted by atomic mass is 9.95. The van der Waals surface area contributed by atoms with E-state index in [0.717, 1.165) is 22.6 Å². The molecule has 5 heteroatoms. The molecule has 0 spiro atoms. The number of carbonyl (C=O) groups is 1. The van der Waals surface area contributed by atoms with Crippen molar-refractivity contribution < 1.29 is 9.53 Å². The zero-order chi connectivity index (χ0) is 21.1. The molecule has 0 aliphatic carbocycles. The summed E-state index contributed by atoms with van der Waals surface area (Å²) in [5.74, 6) is 0.794. The molecule has 1 amide bonds. The summed E-state index contributed by atoms with van der Waals surface area (Å²) in [5, 5.41) is 6.48. The van der Waals surface area contributed by atoms with Crippen LogP contribution in [0.5, 0.6) is 5.75 Å². The van der Waals surface area contributed by atoms with Gasteiger partial charge in [0.1, 0.15) is 5.75 Å². The van der Waals surface area contributed by atoms with E-state index in [0.29, 0.717) is 19.0 Å². The Labute approximate surface area is 174 Å². The second-order valence-electron chi connectivity index (χ2n) is 8.11. The molecule has 1 atom stereocenters. The molecular formula is C24H31N3O2. The number of hydrogen-bond donors (Lipinski definition) is 0. The fourth-order valence-corrected chi connectivity index (χ4v) is 3.62. The van der Waals surface area contributed by atoms with E-state index in [4.69, 9.17) is 9.84 Å². The predicted molar refractivity (Wildman–Crippen MR) is 117 cm³/mol. The SMILES string of the molecule is COc1cccc(C2CC(c3ccc(C)cc3C)=NN2C(=O)CN(C)C(C)C)c1. The summed E-state index contributed by atoms with van der Waals surface area (Å²) in [6, 6.07) is 14.5. The first-order valence-electron chi connectivity index (χ1n) is 10.1. The summed E-state index contributed by atoms with van der Waals surface area (Å²) in [6.45, 7) is 8.69. The van der Waals surface area contributed by atoms with E-state index in [2.05, 4.69) is 45.9 Å². The lowest BCUT2D eigenvalue weighted by Crippen LogP contribution is -2.39. The molecule has 1 aliphatic heterocycles. The Morgan fingerprint density at radius 3 is 2.66 bits per heavy atom. The van der Waals surface area contributed by atoms with E-state index in [1.165, 1.54) is 11.1 Å². The van der Waals surface area contributed by atoms with Crippen molar-refractivity contribution in [3.63, 3.8) is 0 Å². The Bertz CT molecular complexity index is 920. The molecule has 3 rings (SSSR count). The van der Waals surface area contributed by atoms with Crippen molar-refractivity contribution in [2.24, 2.45) is 5.10 Å². The highest BCUT2D eigenvalue weighted by Crippen LogP contribution is 2.35. The molecule has 154 valence electrons. The first-order valence-corrected chi connectivity index (χ1v) is 10.1. The Morgan fingerprint density at radius 1 is 1.24 bits per heavy atom. The molecule has 0 N–H and O–H groups in total. The summed E-state index contributed by atoms with van der Waals surface area (Å²) in [7, 11) is 3.62. The van der Waals surface area contributed by atoms with Crippen LogP contribution in [-0.2, 0) is 4.79 Å². The van der Waals surface area contributed by atoms with Gasteiger partial charge in [0.25, 0.3) is 5.91 Å². The summed E-state index contributed by atoms with van der Waals surface area (Å²) >= 11 is 0. The molecule has 2 aromatic rings. The van der Waals surface area contributed by atoms with Gasteiger partial charge in [-0.05, 0) is 58.0 Å². The van der Waals surface area contributed by atoms with Gasteiger partial charge in [0.05, 0.1) is 25.4 Å². The Kier molecular flexibility index (Phi) is 6.38. The fraction of sp³-hybridized carbons (Fsp3) is 0.417. The van der Waals surface area contributed by atoms with Crippen molar-refractivity contribution in [2.45, 2.75) is 46.2 Å². The van der Waals surface area contributed by atoms with Gasteiger partial charge >= 0.3 is 0 Å². The molecule has 0 fully saturated rings. The standard InChI is InChI=1S/C24H31N3O2/c1-16(2)26(5)15-24(28)27-23(19-8-7-9-20(13-19)29-6)14-22(25-27)21-11-10-17(3)12-18(21)4/h7-13,16,23H,14-15H2,1-6H3. The van der Waals surface area contributed by atoms with Crippen LogP contribution in [0, 0.1) is 13.8 Å². The number of methoxy groups -OCH3 is 1. The third kappa shape index (κ3) is 4.67. The smallest absolute Gasteiger partial charge is 0.257 e. The van der Waals surface area contributed by atoms with Crippen LogP contribution >= 0.6 is 0 Å². The van der Waals surface area contributed by atoms with Crippen molar-refractivity contribution in [3.8, 4) is 5.75 Å². The summed E-state index contributed by atoms with van der Waals surface area (Å²) in [5.41, 5.74) is 5.50. The maximum atomic E-state index is 13.2. The van der Waals surface area contributed by atoms with Gasteiger partial charge in [-0.15, -0.1) is 0 Å². The number of aryl methyl sites for hydroxylation is 2. The molecule has 5 nitrogen and oxygen atoms in total. The highest BCUT2D eigenvalue weighted by atomic mass is 16.5. The number of likely N-dealkylation sites (N-methyl/N-ethyl adjacent to an activating group) is 1. The molecule has 0 radical (unpaired) electrons. The highest BCUT2D eigenvalue weighted by molar-refractivity contribution is 6.04. The molecule has 1 heterocycles. The molecule has 0 saturated heterocycles. The zero-order valence-corrected chi connectivity index (χ0v) is 18.3. The third-order valence-corrected chi connectivity index (χ3v) is 5.60. The van der Waals surface area contributed by atoms with Gasteiger partial charge in [-0.1, -0.05) is 35.9 Å². The minimum Gasteiger partial charge on any atom is -0.497 e. The van der Waals surface area contributed by atoms with Crippen LogP contribution in [0.3, 0.4) is 0 Å². The minimum atomic E-state index is -0.131. The first kappa shape index (κ1) is 21.1. The van der Waals surface area contributed by atoms with E-state index < -0.39 is 0 Å². The second-order valence-corrected chi connectivity index (χ2v) is 8.11. The molecule has 2 aromatic carbocycles. The summed E-state index contributed by atoms with van der Waals surface area (Å²) < 4.78 is 5.40. The number of rotatable bonds is 6. The van der Waals surface area contributed by atoms with Gasteiger partial charge < -0.3 is 4.74 Å². The second kappa shape index (κ2) is 8.78. The number of nitrogens with zero attached hydrogens (tertiary/aromatic N) is 3. The Hall–Kier alpha value is -2.66. The average molecular weight is 394 g/mol. The van der Waals surface area contributed by atoms with E-state index in [1.807, 2.05) is 36.2 Å². The van der Waals surface area contributed by atoms with Crippen LogP contribution in [0.2, 0.25) is 0 Å². The highest BCUT2D eigenvalue weighted by Gasteiger charge is 2.34. The van der Waals surface area contributed by atoms with Crippen molar-refractivity contribution in [2.75, 3.05) is 20.7 Å². The maximum Gasteiger partial charge on any atom is 0.257 e. The lowest BCUT2D eigenvalue weighted by Gasteiger charge is -2.26. The van der Waals surface area contributed by atoms with E-state index >= 15 is 0 Å². The van der Waals surface area contributed by atoms with Gasteiger partial charge in [-0.2, -0.15) is 5.10 Å². The average Bonchev–Trinajstić information content (AvgIpc) is 3.13. The number of ether oxygens (including phenoxy) is 1. The topological polar surface area (TPSA) is 45.1 Å². The van der Waals surface area contributed by atoms with E-state index in [1.54, 1.807) is 12.1 Å². The van der Waals surface area contributed by atoms with Gasteiger partial charge in [0, 0.05) is 18.0 Å². The number of hydrogen-bond acceptors (Lipinski definition) is 4. The van der Waals surface area contributed by atoms with Crippen molar-refractivity contribution in [1.29, 1.82) is 0 Å². The molecule has 0 aromatic heterocycles. The van der Waals surface area contributed by atoms with Crippen molar-refractivity contribution >= 4 is 11.6 Å². The van der Waals surface area contributed by atoms with Crippen LogP contribution in [-0.4, -0.2) is 48.3 Å². The van der Waals surface area contributed by atoms with Crippen LogP contribution in [0.15, 0.2) is 47.6 Å². The molecule has 1 aliphatic rings. The van der Waals surface area contributed by atoms with Gasteiger partial charge in [-0.3, -0.25) is 9.69 Å². The van der Waals surface area contributed by atoms with Crippen molar-refractivity contribution in [3.05, 3.63) is 64.7 Å². The maximum absolute atomic E-state index is 13.2. The monoisotopic (exact) mass is 393 g/mol. The van der Waals surface area contributed by atoms with Gasteiger partial charge in [0.15, 0.2) is 0 Å². The summed E-state index contributed by atoms with van der Waals surface area (Å²) in [4.78, 5) is 15.2. The van der Waals surface area contributed by atoms with Crippen LogP contribution in [0.1, 0.15) is 48.6 Å². The van der Waals surface area contributed by atoms with E-state index in [9.17, 15) is 4.79 Å². The minimum absolute atomic E-state index is 0.00813. The fourth-order valence-electron chi connectivity index (χ4n) is 3.62. The first-order chi connectivity index (χ1) is 13.8. The quantitative estimate of drug-likeness (QED) is 0.734. The summed E-state index contributed by atoms with van der Waals surface area (Å²) in [6.07, 6.45) is 0.689. The molecular weight excluding hydrogens is 362 g/mol. The zero-order valence-electron chi connectivity index (χ0n) is 18.3. The normalized spacial score (nSPS) is 16.5. The van der Waals surface area contributed by atoms with E-state index in [-0.39, 0.29) is 11.9 Å². The third-order valence-electron chi connectivity index (χ3n) is 5.60. The number of benzene rings is 2. The van der Waals surface area contributed by atoms with Crippen LogP contribution in [0.4, 0.5) is 0 Å². The molecule has 0 bridgehead atoms. The van der Waals surface area contributed by atoms with Crippen LogP contribution in [0.25, 0.3) is 0 Å². The Balaban J connectivity index is 1.97. The van der Waals surface area contributed by atoms with Crippen molar-refractivity contribution in [1.82, 2.24) is 9.91 Å². The van der Waals surface area contributed by atoms with Crippen LogP contribution < -0.4 is 4.74 Å². The van der Waals surface area contributed by atoms with Gasteiger partial charge in [0.2, 0.25) is 0 Å². The molecule has 0 saturated carbocycles. The predicted octanol–water partition coefficient (Wildman–Crippen LogP) is 4.33. The molecule has 29 heavy (non-hydrogen) atoms. The Morgan fingerprint density at radius 2 is 2.00 bits per heavy atom. The van der Waals surface area contributed by atoms with Gasteiger partial charge in [-0.25, -0.2) is 5.01 Å². The lowest BCUT2D eigenvalue weighted by molar-refractivity contribution is -0.134.